The lowest BCUT2D eigenvalue weighted by Crippen LogP contribution is -2.28. The first kappa shape index (κ1) is 14.3. The Balaban J connectivity index is 2.11. The average Bonchev–Trinajstić information content (AvgIpc) is 2.93. The summed E-state index contributed by atoms with van der Waals surface area (Å²) in [5.74, 6) is -0.382. The second-order valence-corrected chi connectivity index (χ2v) is 6.56. The molecule has 2 aliphatic heterocycles. The summed E-state index contributed by atoms with van der Waals surface area (Å²) >= 11 is 6.18. The molecule has 1 aromatic carbocycles. The van der Waals surface area contributed by atoms with Crippen LogP contribution in [-0.2, 0) is 9.59 Å². The summed E-state index contributed by atoms with van der Waals surface area (Å²) in [4.78, 5) is 26.9. The molecule has 0 atom stereocenters. The fourth-order valence-electron chi connectivity index (χ4n) is 2.52. The Morgan fingerprint density at radius 3 is 2.71 bits per heavy atom. The van der Waals surface area contributed by atoms with E-state index in [9.17, 15) is 9.59 Å². The number of hydrogen-bond donors (Lipinski definition) is 1. The van der Waals surface area contributed by atoms with Crippen LogP contribution in [0.2, 0.25) is 0 Å². The standard InChI is InChI=1S/C15H14N2O2S2/c1-2-3-8-17-10-7-5-4-6-9(10)11(14(17)19)12-13(18)16-15(20)21-12/h4-7H,2-3,8H2,1H3,(H,16,18,20). The van der Waals surface area contributed by atoms with Gasteiger partial charge in [-0.3, -0.25) is 9.59 Å². The minimum Gasteiger partial charge on any atom is -0.308 e. The van der Waals surface area contributed by atoms with E-state index in [1.54, 1.807) is 4.90 Å². The zero-order valence-electron chi connectivity index (χ0n) is 11.5. The van der Waals surface area contributed by atoms with E-state index in [0.717, 1.165) is 24.1 Å². The Morgan fingerprint density at radius 2 is 2.05 bits per heavy atom. The van der Waals surface area contributed by atoms with Crippen LogP contribution in [0.5, 0.6) is 0 Å². The lowest BCUT2D eigenvalue weighted by molar-refractivity contribution is -0.116. The molecular formula is C15H14N2O2S2. The molecule has 0 bridgehead atoms. The van der Waals surface area contributed by atoms with E-state index in [0.29, 0.717) is 21.3 Å². The molecule has 3 rings (SSSR count). The van der Waals surface area contributed by atoms with Crippen LogP contribution in [0.15, 0.2) is 29.2 Å². The first-order valence-corrected chi connectivity index (χ1v) is 8.04. The van der Waals surface area contributed by atoms with Crippen molar-refractivity contribution in [3.63, 3.8) is 0 Å². The normalized spacial score (nSPS) is 21.0. The van der Waals surface area contributed by atoms with Crippen LogP contribution in [0.25, 0.3) is 5.57 Å². The molecule has 2 heterocycles. The molecule has 108 valence electrons. The Bertz CT molecular complexity index is 682. The zero-order chi connectivity index (χ0) is 15.0. The summed E-state index contributed by atoms with van der Waals surface area (Å²) in [6.07, 6.45) is 1.94. The summed E-state index contributed by atoms with van der Waals surface area (Å²) in [6, 6.07) is 7.60. The molecular weight excluding hydrogens is 304 g/mol. The third kappa shape index (κ3) is 2.38. The van der Waals surface area contributed by atoms with E-state index in [1.807, 2.05) is 24.3 Å². The molecule has 2 amide bonds. The molecule has 1 N–H and O–H groups in total. The Hall–Kier alpha value is -1.66. The van der Waals surface area contributed by atoms with Gasteiger partial charge in [0.25, 0.3) is 11.8 Å². The topological polar surface area (TPSA) is 49.4 Å². The van der Waals surface area contributed by atoms with Crippen LogP contribution in [0.4, 0.5) is 5.69 Å². The van der Waals surface area contributed by atoms with Gasteiger partial charge < -0.3 is 10.2 Å². The molecule has 1 fully saturated rings. The molecule has 0 aromatic heterocycles. The highest BCUT2D eigenvalue weighted by molar-refractivity contribution is 8.27. The SMILES string of the molecule is CCCCN1C(=O)C(=C2SC(=S)NC2=O)c2ccccc21. The molecule has 0 aliphatic carbocycles. The zero-order valence-corrected chi connectivity index (χ0v) is 13.1. The first-order valence-electron chi connectivity index (χ1n) is 6.82. The van der Waals surface area contributed by atoms with Crippen molar-refractivity contribution in [2.24, 2.45) is 0 Å². The maximum Gasteiger partial charge on any atom is 0.264 e. The Kier molecular flexibility index (Phi) is 3.82. The summed E-state index contributed by atoms with van der Waals surface area (Å²) in [7, 11) is 0. The first-order chi connectivity index (χ1) is 10.1. The number of hydrogen-bond acceptors (Lipinski definition) is 4. The molecule has 0 radical (unpaired) electrons. The van der Waals surface area contributed by atoms with Gasteiger partial charge in [0, 0.05) is 12.1 Å². The van der Waals surface area contributed by atoms with Crippen molar-refractivity contribution in [2.75, 3.05) is 11.4 Å². The van der Waals surface area contributed by atoms with Gasteiger partial charge in [-0.25, -0.2) is 0 Å². The van der Waals surface area contributed by atoms with E-state index in [2.05, 4.69) is 12.2 Å². The lowest BCUT2D eigenvalue weighted by atomic mass is 10.1. The van der Waals surface area contributed by atoms with Crippen LogP contribution in [0.1, 0.15) is 25.3 Å². The minimum absolute atomic E-state index is 0.105. The third-order valence-electron chi connectivity index (χ3n) is 3.50. The monoisotopic (exact) mass is 318 g/mol. The number of thioether (sulfide) groups is 1. The molecule has 4 nitrogen and oxygen atoms in total. The predicted molar refractivity (Wildman–Crippen MR) is 89.0 cm³/mol. The largest absolute Gasteiger partial charge is 0.308 e. The number of unbranched alkanes of at least 4 members (excludes halogenated alkanes) is 1. The third-order valence-corrected chi connectivity index (χ3v) is 4.74. The highest BCUT2D eigenvalue weighted by Gasteiger charge is 2.38. The van der Waals surface area contributed by atoms with E-state index in [4.69, 9.17) is 12.2 Å². The molecule has 1 saturated heterocycles. The number of fused-ring (bicyclic) bond motifs is 1. The van der Waals surface area contributed by atoms with Gasteiger partial charge in [-0.2, -0.15) is 0 Å². The number of nitrogens with zero attached hydrogens (tertiary/aromatic N) is 1. The molecule has 21 heavy (non-hydrogen) atoms. The molecule has 0 saturated carbocycles. The van der Waals surface area contributed by atoms with Crippen molar-refractivity contribution in [2.45, 2.75) is 19.8 Å². The Morgan fingerprint density at radius 1 is 1.29 bits per heavy atom. The van der Waals surface area contributed by atoms with Crippen molar-refractivity contribution in [1.29, 1.82) is 0 Å². The van der Waals surface area contributed by atoms with Crippen molar-refractivity contribution in [1.82, 2.24) is 5.32 Å². The number of benzene rings is 1. The van der Waals surface area contributed by atoms with Gasteiger partial charge in [-0.1, -0.05) is 55.5 Å². The van der Waals surface area contributed by atoms with Gasteiger partial charge in [0.2, 0.25) is 0 Å². The number of carbonyl (C=O) groups is 2. The van der Waals surface area contributed by atoms with Crippen LogP contribution in [0, 0.1) is 0 Å². The number of rotatable bonds is 3. The van der Waals surface area contributed by atoms with Gasteiger partial charge in [-0.05, 0) is 12.5 Å². The minimum atomic E-state index is -0.277. The maximum atomic E-state index is 12.7. The van der Waals surface area contributed by atoms with Gasteiger partial charge in [0.1, 0.15) is 4.32 Å². The van der Waals surface area contributed by atoms with E-state index >= 15 is 0 Å². The van der Waals surface area contributed by atoms with Crippen LogP contribution in [0.3, 0.4) is 0 Å². The van der Waals surface area contributed by atoms with Crippen molar-refractivity contribution >= 4 is 51.4 Å². The number of thiocarbonyl (C=S) groups is 1. The van der Waals surface area contributed by atoms with E-state index in [1.165, 1.54) is 11.8 Å². The van der Waals surface area contributed by atoms with Gasteiger partial charge >= 0.3 is 0 Å². The Labute approximate surface area is 132 Å². The van der Waals surface area contributed by atoms with Gasteiger partial charge in [0.05, 0.1) is 16.2 Å². The fourth-order valence-corrected chi connectivity index (χ4v) is 3.63. The fraction of sp³-hybridized carbons (Fsp3) is 0.267. The highest BCUT2D eigenvalue weighted by Crippen LogP contribution is 2.42. The highest BCUT2D eigenvalue weighted by atomic mass is 32.2. The second kappa shape index (κ2) is 5.61. The summed E-state index contributed by atoms with van der Waals surface area (Å²) in [6.45, 7) is 2.75. The smallest absolute Gasteiger partial charge is 0.264 e. The van der Waals surface area contributed by atoms with E-state index < -0.39 is 0 Å². The second-order valence-electron chi connectivity index (χ2n) is 4.88. The molecule has 6 heteroatoms. The van der Waals surface area contributed by atoms with Crippen LogP contribution < -0.4 is 10.2 Å². The lowest BCUT2D eigenvalue weighted by Gasteiger charge is -2.16. The molecule has 0 spiro atoms. The average molecular weight is 318 g/mol. The van der Waals surface area contributed by atoms with Crippen LogP contribution in [-0.4, -0.2) is 22.7 Å². The predicted octanol–water partition coefficient (Wildman–Crippen LogP) is 2.69. The van der Waals surface area contributed by atoms with Crippen molar-refractivity contribution < 1.29 is 9.59 Å². The summed E-state index contributed by atoms with van der Waals surface area (Å²) in [5.41, 5.74) is 2.18. The van der Waals surface area contributed by atoms with Crippen molar-refractivity contribution in [3.05, 3.63) is 34.7 Å². The van der Waals surface area contributed by atoms with Crippen molar-refractivity contribution in [3.8, 4) is 0 Å². The number of anilines is 1. The number of carbonyl (C=O) groups excluding carboxylic acids is 2. The summed E-state index contributed by atoms with van der Waals surface area (Å²) in [5, 5.41) is 2.58. The van der Waals surface area contributed by atoms with Gasteiger partial charge in [-0.15, -0.1) is 0 Å². The number of nitrogens with one attached hydrogen (secondary N) is 1. The van der Waals surface area contributed by atoms with Gasteiger partial charge in [0.15, 0.2) is 0 Å². The molecule has 2 aliphatic rings. The van der Waals surface area contributed by atoms with Crippen LogP contribution >= 0.6 is 24.0 Å². The number of amides is 2. The molecule has 1 aromatic rings. The molecule has 0 unspecified atom stereocenters. The maximum absolute atomic E-state index is 12.7. The summed E-state index contributed by atoms with van der Waals surface area (Å²) < 4.78 is 0.403. The number of para-hydroxylation sites is 1. The quantitative estimate of drug-likeness (QED) is 0.688. The van der Waals surface area contributed by atoms with E-state index in [-0.39, 0.29) is 11.8 Å².